The van der Waals surface area contributed by atoms with Crippen LogP contribution in [0.25, 0.3) is 61.7 Å². The van der Waals surface area contributed by atoms with Crippen LogP contribution in [-0.2, 0) is 0 Å². The molecule has 0 saturated heterocycles. The normalized spacial score (nSPS) is 15.8. The molecule has 0 aliphatic heterocycles. The molecule has 1 aliphatic rings. The van der Waals surface area contributed by atoms with Gasteiger partial charge in [-0.25, -0.2) is 4.98 Å². The van der Waals surface area contributed by atoms with Crippen LogP contribution in [-0.4, -0.2) is 4.98 Å². The molecule has 4 heteroatoms. The van der Waals surface area contributed by atoms with Gasteiger partial charge < -0.3 is 13.7 Å². The maximum atomic E-state index is 6.70. The van der Waals surface area contributed by atoms with E-state index in [1.807, 2.05) is 42.5 Å². The molecule has 0 radical (unpaired) electrons. The van der Waals surface area contributed by atoms with E-state index in [2.05, 4.69) is 121 Å². The van der Waals surface area contributed by atoms with Crippen molar-refractivity contribution in [3.8, 4) is 22.6 Å². The van der Waals surface area contributed by atoms with Crippen LogP contribution >= 0.6 is 0 Å². The topological polar surface area (TPSA) is 42.4 Å². The Balaban J connectivity index is 1.32. The van der Waals surface area contributed by atoms with Gasteiger partial charge >= 0.3 is 0 Å². The number of aromatic nitrogens is 1. The highest BCUT2D eigenvalue weighted by atomic mass is 16.3. The lowest BCUT2D eigenvalue weighted by Crippen LogP contribution is -2.31. The third-order valence-electron chi connectivity index (χ3n) is 9.19. The molecular formula is C42H30N2O2. The first-order valence-corrected chi connectivity index (χ1v) is 15.7. The smallest absolute Gasteiger partial charge is 0.227 e. The molecule has 2 unspecified atom stereocenters. The Morgan fingerprint density at radius 1 is 0.630 bits per heavy atom. The Morgan fingerprint density at radius 2 is 1.35 bits per heavy atom. The SMILES string of the molecule is CC1C=Cc2ccc3nc(-c4ccccc4)oc3c2C1N(c1ccc2oc3ccccc3c2c1)c1ccccc1-c1ccccc1. The molecule has 2 aromatic heterocycles. The minimum Gasteiger partial charge on any atom is -0.456 e. The lowest BCUT2D eigenvalue weighted by atomic mass is 9.83. The van der Waals surface area contributed by atoms with Gasteiger partial charge in [-0.05, 0) is 65.6 Å². The molecule has 46 heavy (non-hydrogen) atoms. The molecule has 0 fully saturated rings. The molecule has 9 rings (SSSR count). The first-order valence-electron chi connectivity index (χ1n) is 15.7. The highest BCUT2D eigenvalue weighted by molar-refractivity contribution is 6.06. The third-order valence-corrected chi connectivity index (χ3v) is 9.19. The first kappa shape index (κ1) is 26.5. The molecular weight excluding hydrogens is 564 g/mol. The van der Waals surface area contributed by atoms with Gasteiger partial charge in [0.25, 0.3) is 0 Å². The van der Waals surface area contributed by atoms with Crippen molar-refractivity contribution in [1.82, 2.24) is 4.98 Å². The number of benzene rings is 6. The van der Waals surface area contributed by atoms with Gasteiger partial charge in [-0.1, -0.05) is 110 Å². The summed E-state index contributed by atoms with van der Waals surface area (Å²) in [7, 11) is 0. The molecule has 220 valence electrons. The van der Waals surface area contributed by atoms with E-state index in [4.69, 9.17) is 13.8 Å². The first-order chi connectivity index (χ1) is 22.7. The summed E-state index contributed by atoms with van der Waals surface area (Å²) in [5, 5.41) is 2.21. The Kier molecular flexibility index (Phi) is 6.13. The van der Waals surface area contributed by atoms with Gasteiger partial charge in [0.1, 0.15) is 16.7 Å². The second kappa shape index (κ2) is 10.6. The van der Waals surface area contributed by atoms with E-state index in [-0.39, 0.29) is 12.0 Å². The summed E-state index contributed by atoms with van der Waals surface area (Å²) in [5.41, 5.74) is 11.2. The van der Waals surface area contributed by atoms with Crippen molar-refractivity contribution in [2.75, 3.05) is 4.90 Å². The number of rotatable bonds is 5. The summed E-state index contributed by atoms with van der Waals surface area (Å²) in [6.45, 7) is 2.29. The number of fused-ring (bicyclic) bond motifs is 6. The Labute approximate surface area is 266 Å². The van der Waals surface area contributed by atoms with Crippen molar-refractivity contribution in [2.24, 2.45) is 5.92 Å². The Morgan fingerprint density at radius 3 is 2.20 bits per heavy atom. The molecule has 0 spiro atoms. The van der Waals surface area contributed by atoms with Crippen molar-refractivity contribution < 1.29 is 8.83 Å². The van der Waals surface area contributed by atoms with Crippen LogP contribution in [0.15, 0.2) is 154 Å². The fourth-order valence-corrected chi connectivity index (χ4v) is 7.03. The van der Waals surface area contributed by atoms with Crippen molar-refractivity contribution in [3.63, 3.8) is 0 Å². The zero-order valence-electron chi connectivity index (χ0n) is 25.3. The number of furan rings is 1. The van der Waals surface area contributed by atoms with Gasteiger partial charge in [0, 0.05) is 38.8 Å². The summed E-state index contributed by atoms with van der Waals surface area (Å²) in [4.78, 5) is 7.47. The van der Waals surface area contributed by atoms with Crippen LogP contribution in [0, 0.1) is 5.92 Å². The zero-order chi connectivity index (χ0) is 30.6. The molecule has 2 atom stereocenters. The average molecular weight is 595 g/mol. The Bertz CT molecular complexity index is 2400. The summed E-state index contributed by atoms with van der Waals surface area (Å²) in [6, 6.07) is 48.5. The van der Waals surface area contributed by atoms with Crippen molar-refractivity contribution in [1.29, 1.82) is 0 Å². The predicted molar refractivity (Wildman–Crippen MR) is 188 cm³/mol. The monoisotopic (exact) mass is 594 g/mol. The summed E-state index contributed by atoms with van der Waals surface area (Å²) < 4.78 is 13.0. The van der Waals surface area contributed by atoms with E-state index in [0.29, 0.717) is 5.89 Å². The second-order valence-electron chi connectivity index (χ2n) is 12.0. The minimum absolute atomic E-state index is 0.0826. The van der Waals surface area contributed by atoms with Gasteiger partial charge in [0.2, 0.25) is 5.89 Å². The summed E-state index contributed by atoms with van der Waals surface area (Å²) >= 11 is 0. The zero-order valence-corrected chi connectivity index (χ0v) is 25.3. The van der Waals surface area contributed by atoms with E-state index in [9.17, 15) is 0 Å². The van der Waals surface area contributed by atoms with E-state index in [0.717, 1.165) is 61.1 Å². The lowest BCUT2D eigenvalue weighted by molar-refractivity contribution is 0.536. The van der Waals surface area contributed by atoms with Gasteiger partial charge in [-0.3, -0.25) is 0 Å². The predicted octanol–water partition coefficient (Wildman–Crippen LogP) is 11.6. The quantitative estimate of drug-likeness (QED) is 0.199. The van der Waals surface area contributed by atoms with Crippen LogP contribution in [0.3, 0.4) is 0 Å². The fourth-order valence-electron chi connectivity index (χ4n) is 7.03. The van der Waals surface area contributed by atoms with Crippen molar-refractivity contribution in [2.45, 2.75) is 13.0 Å². The standard InChI is InChI=1S/C42H30N2O2/c1-27-20-21-29-22-24-35-41(46-42(43-35)30-14-6-3-7-15-30)39(29)40(27)44(36-18-10-8-16-32(36)28-12-4-2-5-13-28)31-23-25-38-34(26-31)33-17-9-11-19-37(33)45-38/h2-27,40H,1H3. The maximum absolute atomic E-state index is 6.70. The van der Waals surface area contributed by atoms with Crippen molar-refractivity contribution >= 4 is 50.5 Å². The molecule has 6 aromatic carbocycles. The largest absolute Gasteiger partial charge is 0.456 e. The minimum atomic E-state index is -0.0826. The molecule has 0 saturated carbocycles. The number of hydrogen-bond acceptors (Lipinski definition) is 4. The van der Waals surface area contributed by atoms with Crippen LogP contribution in [0.2, 0.25) is 0 Å². The summed E-state index contributed by atoms with van der Waals surface area (Å²) in [5.74, 6) is 0.788. The van der Waals surface area contributed by atoms with E-state index in [1.165, 1.54) is 11.1 Å². The van der Waals surface area contributed by atoms with Gasteiger partial charge in [-0.15, -0.1) is 0 Å². The third kappa shape index (κ3) is 4.26. The van der Waals surface area contributed by atoms with Crippen LogP contribution in [0.4, 0.5) is 11.4 Å². The van der Waals surface area contributed by atoms with Crippen molar-refractivity contribution in [3.05, 3.63) is 157 Å². The number of nitrogens with zero attached hydrogens (tertiary/aromatic N) is 2. The molecule has 2 heterocycles. The molecule has 0 N–H and O–H groups in total. The number of oxazole rings is 1. The summed E-state index contributed by atoms with van der Waals surface area (Å²) in [6.07, 6.45) is 4.55. The van der Waals surface area contributed by atoms with E-state index < -0.39 is 0 Å². The number of hydrogen-bond donors (Lipinski definition) is 0. The average Bonchev–Trinajstić information content (AvgIpc) is 3.72. The highest BCUT2D eigenvalue weighted by Crippen LogP contribution is 2.49. The second-order valence-corrected chi connectivity index (χ2v) is 12.0. The molecule has 0 amide bonds. The fraction of sp³-hybridized carbons (Fsp3) is 0.0714. The van der Waals surface area contributed by atoms with Crippen LogP contribution in [0.1, 0.15) is 24.1 Å². The van der Waals surface area contributed by atoms with Gasteiger partial charge in [0.15, 0.2) is 5.58 Å². The number of anilines is 2. The Hall–Kier alpha value is -5.87. The molecule has 0 bridgehead atoms. The lowest BCUT2D eigenvalue weighted by Gasteiger charge is -2.40. The van der Waals surface area contributed by atoms with Crippen LogP contribution in [0.5, 0.6) is 0 Å². The van der Waals surface area contributed by atoms with Crippen LogP contribution < -0.4 is 4.90 Å². The highest BCUT2D eigenvalue weighted by Gasteiger charge is 2.35. The maximum Gasteiger partial charge on any atom is 0.227 e. The van der Waals surface area contributed by atoms with E-state index >= 15 is 0 Å². The molecule has 8 aromatic rings. The molecule has 1 aliphatic carbocycles. The van der Waals surface area contributed by atoms with Gasteiger partial charge in [-0.2, -0.15) is 0 Å². The van der Waals surface area contributed by atoms with Gasteiger partial charge in [0.05, 0.1) is 6.04 Å². The molecule has 4 nitrogen and oxygen atoms in total. The van der Waals surface area contributed by atoms with E-state index in [1.54, 1.807) is 0 Å². The number of para-hydroxylation sites is 2.